The van der Waals surface area contributed by atoms with Gasteiger partial charge in [0.25, 0.3) is 0 Å². The zero-order chi connectivity index (χ0) is 11.7. The Labute approximate surface area is 84.6 Å². The Kier molecular flexibility index (Phi) is 2.52. The van der Waals surface area contributed by atoms with E-state index in [1.165, 1.54) is 6.92 Å². The predicted molar refractivity (Wildman–Crippen MR) is 51.2 cm³/mol. The molecule has 0 unspecified atom stereocenters. The van der Waals surface area contributed by atoms with Crippen molar-refractivity contribution in [1.82, 2.24) is 0 Å². The van der Waals surface area contributed by atoms with E-state index >= 15 is 0 Å². The van der Waals surface area contributed by atoms with Crippen molar-refractivity contribution in [2.24, 2.45) is 0 Å². The summed E-state index contributed by atoms with van der Waals surface area (Å²) >= 11 is 0. The third-order valence-electron chi connectivity index (χ3n) is 2.05. The van der Waals surface area contributed by atoms with Crippen LogP contribution in [-0.4, -0.2) is 27.3 Å². The first-order valence-corrected chi connectivity index (χ1v) is 3.95. The van der Waals surface area contributed by atoms with Gasteiger partial charge in [0, 0.05) is 5.56 Å². The van der Waals surface area contributed by atoms with Crippen LogP contribution >= 0.6 is 0 Å². The fourth-order valence-electron chi connectivity index (χ4n) is 1.16. The van der Waals surface area contributed by atoms with Gasteiger partial charge < -0.3 is 21.1 Å². The maximum atomic E-state index is 10.7. The highest BCUT2D eigenvalue weighted by molar-refractivity contribution is 6.00. The number of hydrogen-bond acceptors (Lipinski definition) is 4. The molecule has 15 heavy (non-hydrogen) atoms. The summed E-state index contributed by atoms with van der Waals surface area (Å²) in [6.07, 6.45) is 0. The molecule has 0 atom stereocenters. The molecule has 0 heterocycles. The van der Waals surface area contributed by atoms with Crippen LogP contribution in [0.25, 0.3) is 0 Å². The Bertz CT molecular complexity index is 414. The third-order valence-corrected chi connectivity index (χ3v) is 2.05. The smallest absolute Gasteiger partial charge is 0.339 e. The molecule has 0 aliphatic carbocycles. The zero-order valence-electron chi connectivity index (χ0n) is 7.81. The largest absolute Gasteiger partial charge is 0.507 e. The summed E-state index contributed by atoms with van der Waals surface area (Å²) in [6.45, 7) is 1.35. The lowest BCUT2D eigenvalue weighted by Gasteiger charge is -2.09. The lowest BCUT2D eigenvalue weighted by Crippen LogP contribution is -2.08. The molecule has 0 bridgehead atoms. The molecular formula is C9H9NO5. The highest BCUT2D eigenvalue weighted by atomic mass is 16.4. The number of carboxylic acids is 2. The number of hydrogen-bond donors (Lipinski definition) is 4. The van der Waals surface area contributed by atoms with E-state index in [1.807, 2.05) is 0 Å². The van der Waals surface area contributed by atoms with Crippen molar-refractivity contribution in [3.63, 3.8) is 0 Å². The number of anilines is 1. The minimum Gasteiger partial charge on any atom is -0.507 e. The van der Waals surface area contributed by atoms with Crippen LogP contribution < -0.4 is 5.73 Å². The molecule has 1 aromatic rings. The topological polar surface area (TPSA) is 121 Å². The van der Waals surface area contributed by atoms with Gasteiger partial charge in [0.2, 0.25) is 0 Å². The van der Waals surface area contributed by atoms with Crippen molar-refractivity contribution in [3.8, 4) is 5.75 Å². The first-order chi connectivity index (χ1) is 6.86. The fraction of sp³-hybridized carbons (Fsp3) is 0.111. The normalized spacial score (nSPS) is 9.93. The zero-order valence-corrected chi connectivity index (χ0v) is 7.81. The average Bonchev–Trinajstić information content (AvgIpc) is 2.13. The van der Waals surface area contributed by atoms with Crippen molar-refractivity contribution in [2.45, 2.75) is 6.92 Å². The third kappa shape index (κ3) is 1.69. The summed E-state index contributed by atoms with van der Waals surface area (Å²) < 4.78 is 0. The standard InChI is InChI=1S/C9H9NO5/c1-3-6(10)4(8(12)13)2-5(7(3)11)9(14)15/h2,11H,10H2,1H3,(H,12,13)(H,14,15). The van der Waals surface area contributed by atoms with E-state index < -0.39 is 23.3 Å². The predicted octanol–water partition coefficient (Wildman–Crippen LogP) is 0.679. The minimum absolute atomic E-state index is 0.0484. The average molecular weight is 211 g/mol. The Hall–Kier alpha value is -2.24. The van der Waals surface area contributed by atoms with E-state index in [0.29, 0.717) is 0 Å². The molecule has 0 saturated carbocycles. The van der Waals surface area contributed by atoms with Gasteiger partial charge in [-0.05, 0) is 13.0 Å². The Balaban J connectivity index is 3.59. The Morgan fingerprint density at radius 2 is 1.67 bits per heavy atom. The molecule has 0 amide bonds. The molecule has 0 aromatic heterocycles. The molecule has 1 aromatic carbocycles. The van der Waals surface area contributed by atoms with E-state index in [1.54, 1.807) is 0 Å². The summed E-state index contributed by atoms with van der Waals surface area (Å²) in [7, 11) is 0. The number of rotatable bonds is 2. The first kappa shape index (κ1) is 10.8. The van der Waals surface area contributed by atoms with Crippen LogP contribution in [0.4, 0.5) is 5.69 Å². The number of aromatic hydroxyl groups is 1. The quantitative estimate of drug-likeness (QED) is 0.534. The highest BCUT2D eigenvalue weighted by Crippen LogP contribution is 2.30. The first-order valence-electron chi connectivity index (χ1n) is 3.95. The van der Waals surface area contributed by atoms with Gasteiger partial charge in [-0.3, -0.25) is 0 Å². The molecule has 0 saturated heterocycles. The van der Waals surface area contributed by atoms with Crippen molar-refractivity contribution >= 4 is 17.6 Å². The lowest BCUT2D eigenvalue weighted by atomic mass is 10.0. The molecule has 6 heteroatoms. The van der Waals surface area contributed by atoms with Crippen LogP contribution in [0, 0.1) is 6.92 Å². The summed E-state index contributed by atoms with van der Waals surface area (Å²) in [4.78, 5) is 21.4. The number of benzene rings is 1. The Morgan fingerprint density at radius 1 is 1.20 bits per heavy atom. The second-order valence-corrected chi connectivity index (χ2v) is 2.97. The van der Waals surface area contributed by atoms with Crippen molar-refractivity contribution in [2.75, 3.05) is 5.73 Å². The monoisotopic (exact) mass is 211 g/mol. The van der Waals surface area contributed by atoms with Crippen molar-refractivity contribution < 1.29 is 24.9 Å². The second-order valence-electron chi connectivity index (χ2n) is 2.97. The van der Waals surface area contributed by atoms with Crippen molar-refractivity contribution in [3.05, 3.63) is 22.8 Å². The van der Waals surface area contributed by atoms with Gasteiger partial charge in [-0.2, -0.15) is 0 Å². The van der Waals surface area contributed by atoms with Gasteiger partial charge in [0.1, 0.15) is 11.3 Å². The van der Waals surface area contributed by atoms with E-state index in [-0.39, 0.29) is 16.8 Å². The number of phenols is 1. The molecule has 0 radical (unpaired) electrons. The molecule has 0 aliphatic rings. The van der Waals surface area contributed by atoms with E-state index in [2.05, 4.69) is 0 Å². The molecule has 0 aliphatic heterocycles. The van der Waals surface area contributed by atoms with Gasteiger partial charge in [0.15, 0.2) is 0 Å². The molecule has 80 valence electrons. The molecule has 1 rings (SSSR count). The van der Waals surface area contributed by atoms with Gasteiger partial charge in [-0.25, -0.2) is 9.59 Å². The van der Waals surface area contributed by atoms with Crippen LogP contribution in [0.5, 0.6) is 5.75 Å². The number of aromatic carboxylic acids is 2. The summed E-state index contributed by atoms with van der Waals surface area (Å²) in [6, 6.07) is 0.836. The second kappa shape index (κ2) is 3.49. The Morgan fingerprint density at radius 3 is 2.07 bits per heavy atom. The number of nitrogen functional groups attached to an aromatic ring is 1. The maximum absolute atomic E-state index is 10.7. The molecule has 0 spiro atoms. The van der Waals surface area contributed by atoms with E-state index in [0.717, 1.165) is 6.07 Å². The number of nitrogens with two attached hydrogens (primary N) is 1. The molecule has 5 N–H and O–H groups in total. The molecular weight excluding hydrogens is 202 g/mol. The summed E-state index contributed by atoms with van der Waals surface area (Å²) in [5.74, 6) is -3.25. The van der Waals surface area contributed by atoms with Crippen molar-refractivity contribution in [1.29, 1.82) is 0 Å². The fourth-order valence-corrected chi connectivity index (χ4v) is 1.16. The molecule has 6 nitrogen and oxygen atoms in total. The summed E-state index contributed by atoms with van der Waals surface area (Å²) in [5, 5.41) is 26.8. The summed E-state index contributed by atoms with van der Waals surface area (Å²) in [5.41, 5.74) is 4.53. The highest BCUT2D eigenvalue weighted by Gasteiger charge is 2.20. The van der Waals surface area contributed by atoms with Gasteiger partial charge in [-0.1, -0.05) is 0 Å². The van der Waals surface area contributed by atoms with E-state index in [9.17, 15) is 14.7 Å². The van der Waals surface area contributed by atoms with Crippen LogP contribution in [0.1, 0.15) is 26.3 Å². The molecule has 0 fully saturated rings. The van der Waals surface area contributed by atoms with Gasteiger partial charge in [0.05, 0.1) is 11.3 Å². The number of carboxylic acid groups (broad SMARTS) is 2. The van der Waals surface area contributed by atoms with Crippen LogP contribution in [0.15, 0.2) is 6.07 Å². The lowest BCUT2D eigenvalue weighted by molar-refractivity contribution is 0.0693. The minimum atomic E-state index is -1.40. The van der Waals surface area contributed by atoms with E-state index in [4.69, 9.17) is 15.9 Å². The van der Waals surface area contributed by atoms with Crippen LogP contribution in [-0.2, 0) is 0 Å². The maximum Gasteiger partial charge on any atom is 0.339 e. The SMILES string of the molecule is Cc1c(N)c(C(=O)O)cc(C(=O)O)c1O. The van der Waals surface area contributed by atoms with Crippen LogP contribution in [0.3, 0.4) is 0 Å². The van der Waals surface area contributed by atoms with Crippen LogP contribution in [0.2, 0.25) is 0 Å². The number of carbonyl (C=O) groups is 2. The van der Waals surface area contributed by atoms with Gasteiger partial charge >= 0.3 is 11.9 Å². The van der Waals surface area contributed by atoms with Gasteiger partial charge in [-0.15, -0.1) is 0 Å².